The van der Waals surface area contributed by atoms with E-state index in [0.717, 1.165) is 23.5 Å². The Labute approximate surface area is 376 Å². The van der Waals surface area contributed by atoms with Crippen molar-refractivity contribution in [3.05, 3.63) is 282 Å². The van der Waals surface area contributed by atoms with Crippen molar-refractivity contribution < 1.29 is 0 Å². The van der Waals surface area contributed by atoms with Gasteiger partial charge < -0.3 is 4.90 Å². The van der Waals surface area contributed by atoms with Crippen LogP contribution in [0.5, 0.6) is 0 Å². The van der Waals surface area contributed by atoms with Crippen molar-refractivity contribution in [2.45, 2.75) is 31.6 Å². The predicted octanol–water partition coefficient (Wildman–Crippen LogP) is 16.8. The molecule has 0 radical (unpaired) electrons. The first-order chi connectivity index (χ1) is 31.6. The molecule has 10 aromatic carbocycles. The summed E-state index contributed by atoms with van der Waals surface area (Å²) >= 11 is 0. The van der Waals surface area contributed by atoms with E-state index < -0.39 is 5.41 Å². The lowest BCUT2D eigenvalue weighted by atomic mass is 9.67. The second kappa shape index (κ2) is 16.5. The van der Waals surface area contributed by atoms with E-state index in [1.54, 1.807) is 0 Å². The smallest absolute Gasteiger partial charge is 0.0713 e. The number of benzene rings is 10. The Hall–Kier alpha value is -7.74. The molecule has 0 spiro atoms. The first-order valence-corrected chi connectivity index (χ1v) is 22.6. The van der Waals surface area contributed by atoms with Crippen molar-refractivity contribution >= 4 is 49.4 Å². The van der Waals surface area contributed by atoms with Gasteiger partial charge in [-0.05, 0) is 150 Å². The van der Waals surface area contributed by atoms with E-state index in [2.05, 4.69) is 261 Å². The van der Waals surface area contributed by atoms with Crippen LogP contribution in [0.4, 0.5) is 17.1 Å². The van der Waals surface area contributed by atoms with E-state index in [0.29, 0.717) is 5.92 Å². The van der Waals surface area contributed by atoms with Crippen LogP contribution in [-0.2, 0) is 11.8 Å². The highest BCUT2D eigenvalue weighted by Gasteiger charge is 2.46. The highest BCUT2D eigenvalue weighted by atomic mass is 15.1. The summed E-state index contributed by atoms with van der Waals surface area (Å²) in [4.78, 5) is 2.44. The molecule has 1 nitrogen and oxygen atoms in total. The zero-order valence-electron chi connectivity index (χ0n) is 36.3. The Morgan fingerprint density at radius 3 is 1.47 bits per heavy atom. The van der Waals surface area contributed by atoms with E-state index in [4.69, 9.17) is 0 Å². The number of fused-ring (bicyclic) bond motifs is 9. The van der Waals surface area contributed by atoms with Crippen LogP contribution in [0.15, 0.2) is 243 Å². The van der Waals surface area contributed by atoms with Gasteiger partial charge in [0.15, 0.2) is 0 Å². The summed E-state index contributed by atoms with van der Waals surface area (Å²) in [6.07, 6.45) is 9.46. The number of anilines is 3. The molecule has 0 N–H and O–H groups in total. The highest BCUT2D eigenvalue weighted by molar-refractivity contribution is 6.26. The molecule has 0 heterocycles. The third-order valence-corrected chi connectivity index (χ3v) is 13.5. The number of hydrogen-bond acceptors (Lipinski definition) is 1. The second-order valence-electron chi connectivity index (χ2n) is 17.2. The molecule has 10 aromatic rings. The van der Waals surface area contributed by atoms with Gasteiger partial charge in [0.2, 0.25) is 0 Å². The molecular formula is C63H49N. The summed E-state index contributed by atoms with van der Waals surface area (Å²) in [6.45, 7) is 4.32. The minimum absolute atomic E-state index is 0.291. The molecule has 1 aliphatic carbocycles. The number of allylic oxidation sites excluding steroid dienone is 4. The molecule has 0 saturated heterocycles. The Kier molecular flexibility index (Phi) is 10.1. The van der Waals surface area contributed by atoms with Gasteiger partial charge in [0, 0.05) is 17.1 Å². The van der Waals surface area contributed by atoms with Crippen LogP contribution in [0, 0.1) is 0 Å². The first kappa shape index (κ1) is 39.1. The Bertz CT molecular complexity index is 3300. The average molecular weight is 820 g/mol. The molecule has 0 bridgehead atoms. The van der Waals surface area contributed by atoms with Crippen molar-refractivity contribution in [1.82, 2.24) is 0 Å². The third kappa shape index (κ3) is 6.64. The SMILES string of the molecule is C/C=C\C=C/C(C)c1ccc(N(c2ccc(Cc3ccccc3)cc2)c2ccc3c(c2)-c2cc4c5ccccc5c5ccccc5c4cc2C3(c2ccccc2)c2ccccc2)cc1. The van der Waals surface area contributed by atoms with Gasteiger partial charge in [-0.1, -0.05) is 201 Å². The van der Waals surface area contributed by atoms with E-state index in [9.17, 15) is 0 Å². The van der Waals surface area contributed by atoms with E-state index in [-0.39, 0.29) is 0 Å². The normalized spacial score (nSPS) is 13.5. The summed E-state index contributed by atoms with van der Waals surface area (Å²) in [7, 11) is 0. The van der Waals surface area contributed by atoms with Gasteiger partial charge in [-0.15, -0.1) is 0 Å². The van der Waals surface area contributed by atoms with E-state index >= 15 is 0 Å². The van der Waals surface area contributed by atoms with Crippen LogP contribution in [0.3, 0.4) is 0 Å². The van der Waals surface area contributed by atoms with Gasteiger partial charge in [-0.2, -0.15) is 0 Å². The summed E-state index contributed by atoms with van der Waals surface area (Å²) < 4.78 is 0. The lowest BCUT2D eigenvalue weighted by Crippen LogP contribution is -2.28. The van der Waals surface area contributed by atoms with Crippen molar-refractivity contribution in [3.8, 4) is 11.1 Å². The lowest BCUT2D eigenvalue weighted by molar-refractivity contribution is 0.769. The molecular weight excluding hydrogens is 771 g/mol. The fraction of sp³-hybridized carbons (Fsp3) is 0.0794. The van der Waals surface area contributed by atoms with Crippen molar-refractivity contribution in [3.63, 3.8) is 0 Å². The largest absolute Gasteiger partial charge is 0.310 e. The summed E-state index contributed by atoms with van der Waals surface area (Å²) in [5, 5.41) is 7.69. The topological polar surface area (TPSA) is 3.24 Å². The van der Waals surface area contributed by atoms with Gasteiger partial charge in [0.1, 0.15) is 0 Å². The average Bonchev–Trinajstić information content (AvgIpc) is 3.64. The summed E-state index contributed by atoms with van der Waals surface area (Å²) in [5.41, 5.74) is 14.4. The van der Waals surface area contributed by atoms with Crippen molar-refractivity contribution in [1.29, 1.82) is 0 Å². The van der Waals surface area contributed by atoms with Crippen LogP contribution in [0.2, 0.25) is 0 Å². The zero-order chi connectivity index (χ0) is 43.0. The minimum Gasteiger partial charge on any atom is -0.310 e. The lowest BCUT2D eigenvalue weighted by Gasteiger charge is -2.34. The molecule has 1 aliphatic rings. The quantitative estimate of drug-likeness (QED) is 0.0981. The minimum atomic E-state index is -0.547. The van der Waals surface area contributed by atoms with Crippen LogP contribution in [0.1, 0.15) is 58.7 Å². The number of nitrogens with zero attached hydrogens (tertiary/aromatic N) is 1. The van der Waals surface area contributed by atoms with Gasteiger partial charge in [-0.3, -0.25) is 0 Å². The van der Waals surface area contributed by atoms with Crippen LogP contribution in [-0.4, -0.2) is 0 Å². The Balaban J connectivity index is 1.16. The van der Waals surface area contributed by atoms with Crippen LogP contribution in [0.25, 0.3) is 43.4 Å². The Morgan fingerprint density at radius 2 is 0.891 bits per heavy atom. The first-order valence-electron chi connectivity index (χ1n) is 22.6. The molecule has 11 rings (SSSR count). The molecule has 0 amide bonds. The fourth-order valence-corrected chi connectivity index (χ4v) is 10.4. The van der Waals surface area contributed by atoms with E-state index in [1.807, 2.05) is 0 Å². The van der Waals surface area contributed by atoms with Crippen molar-refractivity contribution in [2.24, 2.45) is 0 Å². The second-order valence-corrected chi connectivity index (χ2v) is 17.2. The highest BCUT2D eigenvalue weighted by Crippen LogP contribution is 2.58. The van der Waals surface area contributed by atoms with E-state index in [1.165, 1.54) is 82.4 Å². The third-order valence-electron chi connectivity index (χ3n) is 13.5. The maximum absolute atomic E-state index is 2.53. The van der Waals surface area contributed by atoms with Gasteiger partial charge in [0.05, 0.1) is 5.41 Å². The van der Waals surface area contributed by atoms with Gasteiger partial charge in [0.25, 0.3) is 0 Å². The van der Waals surface area contributed by atoms with Crippen LogP contribution >= 0.6 is 0 Å². The monoisotopic (exact) mass is 819 g/mol. The molecule has 306 valence electrons. The molecule has 1 heteroatoms. The molecule has 0 aromatic heterocycles. The molecule has 64 heavy (non-hydrogen) atoms. The molecule has 0 saturated carbocycles. The Morgan fingerprint density at radius 1 is 0.422 bits per heavy atom. The summed E-state index contributed by atoms with van der Waals surface area (Å²) in [6, 6.07) is 81.5. The molecule has 1 atom stereocenters. The number of hydrogen-bond donors (Lipinski definition) is 0. The fourth-order valence-electron chi connectivity index (χ4n) is 10.4. The molecule has 0 fully saturated rings. The van der Waals surface area contributed by atoms with Gasteiger partial charge >= 0.3 is 0 Å². The van der Waals surface area contributed by atoms with Crippen molar-refractivity contribution in [2.75, 3.05) is 4.90 Å². The number of rotatable bonds is 10. The van der Waals surface area contributed by atoms with Gasteiger partial charge in [-0.25, -0.2) is 0 Å². The molecule has 1 unspecified atom stereocenters. The zero-order valence-corrected chi connectivity index (χ0v) is 36.3. The standard InChI is InChI=1S/C63H49N/c1-3-4-8-19-44(2)47-32-36-51(37-33-47)64(50-34-30-46(31-35-50)40-45-20-9-5-10-21-45)52-38-39-61-59(41-52)60-42-57-55-28-17-15-26-53(55)54-27-16-18-29-56(54)58(57)43-62(60)63(61,48-22-11-6-12-23-48)49-24-13-7-14-25-49/h3-39,41-44H,40H2,1-2H3/b4-3-,19-8-. The maximum Gasteiger partial charge on any atom is 0.0713 e. The van der Waals surface area contributed by atoms with Crippen LogP contribution < -0.4 is 4.90 Å². The summed E-state index contributed by atoms with van der Waals surface area (Å²) in [5.74, 6) is 0.291. The maximum atomic E-state index is 2.53. The predicted molar refractivity (Wildman–Crippen MR) is 273 cm³/mol. The molecule has 0 aliphatic heterocycles.